The van der Waals surface area contributed by atoms with Gasteiger partial charge < -0.3 is 57.9 Å². The fraction of sp³-hybridized carbons (Fsp3) is 0.107. The Labute approximate surface area is 803 Å². The highest BCUT2D eigenvalue weighted by molar-refractivity contribution is 6.37. The number of carbonyl (C=O) groups excluding carboxylic acids is 7. The molecule has 133 heavy (non-hydrogen) atoms. The molecule has 1 aliphatic heterocycles. The lowest BCUT2D eigenvalue weighted by molar-refractivity contribution is 0.0912. The van der Waals surface area contributed by atoms with Crippen LogP contribution in [-0.2, 0) is 0 Å². The lowest BCUT2D eigenvalue weighted by Gasteiger charge is -2.21. The number of aliphatic hydroxyl groups is 1. The Bertz CT molecular complexity index is 6550. The summed E-state index contributed by atoms with van der Waals surface area (Å²) in [6, 6.07) is 88.0. The maximum absolute atomic E-state index is 12.9. The quantitative estimate of drug-likeness (QED) is 0.0238. The molecule has 10 N–H and O–H groups in total. The van der Waals surface area contributed by atoms with Crippen LogP contribution in [-0.4, -0.2) is 117 Å². The molecular formula is C103H86Cl7N15O8. The first-order valence-corrected chi connectivity index (χ1v) is 44.5. The van der Waals surface area contributed by atoms with E-state index in [0.29, 0.717) is 106 Å². The van der Waals surface area contributed by atoms with Crippen molar-refractivity contribution in [3.05, 3.63) is 420 Å². The molecule has 0 spiro atoms. The molecule has 1 saturated heterocycles. The van der Waals surface area contributed by atoms with Gasteiger partial charge in [-0.25, -0.2) is 4.98 Å². The number of carbonyl (C=O) groups is 7. The number of para-hydroxylation sites is 1. The molecule has 5 aromatic heterocycles. The minimum absolute atomic E-state index is 0.120. The summed E-state index contributed by atoms with van der Waals surface area (Å²) in [5, 5.41) is 38.8. The summed E-state index contributed by atoms with van der Waals surface area (Å²) >= 11 is 44.3. The summed E-state index contributed by atoms with van der Waals surface area (Å²) in [6.07, 6.45) is 9.43. The first-order chi connectivity index (χ1) is 64.6. The van der Waals surface area contributed by atoms with Crippen LogP contribution in [0.4, 0.5) is 34.3 Å². The number of anilines is 6. The monoisotopic (exact) mass is 1910 g/mol. The fourth-order valence-electron chi connectivity index (χ4n) is 13.7. The number of halogens is 7. The van der Waals surface area contributed by atoms with Crippen LogP contribution >= 0.6 is 81.2 Å². The zero-order chi connectivity index (χ0) is 93.5. The molecule has 670 valence electrons. The van der Waals surface area contributed by atoms with Crippen LogP contribution in [0.15, 0.2) is 334 Å². The number of aromatic nitrogens is 5. The summed E-state index contributed by atoms with van der Waals surface area (Å²) in [7, 11) is 0. The summed E-state index contributed by atoms with van der Waals surface area (Å²) in [4.78, 5) is 113. The second-order valence-corrected chi connectivity index (χ2v) is 32.7. The molecule has 16 rings (SSSR count). The van der Waals surface area contributed by atoms with Crippen molar-refractivity contribution in [1.29, 1.82) is 0 Å². The Hall–Kier alpha value is -14.2. The van der Waals surface area contributed by atoms with Gasteiger partial charge in [0.05, 0.1) is 98.9 Å². The minimum Gasteiger partial charge on any atom is -0.394 e. The van der Waals surface area contributed by atoms with Gasteiger partial charge in [-0.15, -0.1) is 0 Å². The molecule has 0 radical (unpaired) electrons. The molecule has 1 aliphatic rings. The van der Waals surface area contributed by atoms with Crippen molar-refractivity contribution in [3.8, 4) is 45.0 Å². The number of aliphatic hydroxyl groups excluding tert-OH is 1. The van der Waals surface area contributed by atoms with Gasteiger partial charge in [0.1, 0.15) is 5.82 Å². The van der Waals surface area contributed by atoms with E-state index in [2.05, 4.69) is 77.7 Å². The Balaban J connectivity index is 0.000000151. The van der Waals surface area contributed by atoms with Crippen LogP contribution in [0, 0.1) is 0 Å². The van der Waals surface area contributed by atoms with Gasteiger partial charge in [0.15, 0.2) is 0 Å². The molecule has 2 atom stereocenters. The zero-order valence-corrected chi connectivity index (χ0v) is 76.5. The maximum Gasteiger partial charge on any atom is 0.257 e. The zero-order valence-electron chi connectivity index (χ0n) is 71.2. The van der Waals surface area contributed by atoms with Crippen LogP contribution in [0.5, 0.6) is 0 Å². The third kappa shape index (κ3) is 27.2. The lowest BCUT2D eigenvalue weighted by atomic mass is 10.1. The van der Waals surface area contributed by atoms with Gasteiger partial charge in [0.25, 0.3) is 41.4 Å². The fourth-order valence-corrected chi connectivity index (χ4v) is 15.4. The third-order valence-corrected chi connectivity index (χ3v) is 22.9. The van der Waals surface area contributed by atoms with Gasteiger partial charge in [-0.2, -0.15) is 0 Å². The first-order valence-electron chi connectivity index (χ1n) is 41.9. The number of rotatable bonds is 25. The van der Waals surface area contributed by atoms with Gasteiger partial charge in [0.2, 0.25) is 0 Å². The minimum atomic E-state index is -0.566. The van der Waals surface area contributed by atoms with Crippen molar-refractivity contribution in [1.82, 2.24) is 46.2 Å². The number of nitrogens with zero attached hydrogens (tertiary/aromatic N) is 6. The van der Waals surface area contributed by atoms with Crippen LogP contribution in [0.25, 0.3) is 45.0 Å². The van der Waals surface area contributed by atoms with Gasteiger partial charge in [0, 0.05) is 131 Å². The van der Waals surface area contributed by atoms with Crippen molar-refractivity contribution in [2.75, 3.05) is 77.4 Å². The molecule has 15 aromatic rings. The molecule has 1 unspecified atom stereocenters. The summed E-state index contributed by atoms with van der Waals surface area (Å²) in [5.74, 6) is -1.51. The second kappa shape index (κ2) is 48.1. The number of benzene rings is 10. The lowest BCUT2D eigenvalue weighted by Crippen LogP contribution is -2.30. The van der Waals surface area contributed by atoms with Crippen molar-refractivity contribution < 1.29 is 38.7 Å². The van der Waals surface area contributed by atoms with Gasteiger partial charge >= 0.3 is 0 Å². The van der Waals surface area contributed by atoms with E-state index in [1.165, 1.54) is 42.5 Å². The normalized spacial score (nSPS) is 11.8. The summed E-state index contributed by atoms with van der Waals surface area (Å²) in [5.41, 5.74) is 12.9. The molecule has 0 aliphatic carbocycles. The SMILES string of the molecule is CC(NC(=O)c1ccc(C(=O)Nc2ccc(Cl)c(-c3ccccn3)c2)c(Cl)c1)c1ccccc1.O=C(NCCNc1ccccc1)c1ccc(C(=O)Nc2ccc(Cl)c(-c3ccccn3)c2)c(Cl)c1.O=C(N[C@H](CO)c1ccccc1)c1ccc(C(=O)Nc2ccc(Cl)c(-c3ccccn3)c2)c(Cl)c1.O=C(Nc1ccc(Cl)c(-c2ccccn2)c1)c1ccc(N2CCCNCC2)nc1. The standard InChI is InChI=1S/C27H22Cl2N4O2.C27H21Cl2N3O3.C27H21Cl2N3O2.C22H22ClN5O/c28-23-12-10-20(17-22(23)25-8-4-5-13-31-25)33-27(35)21-11-9-18(16-24(21)29)26(34)32-15-14-30-19-6-2-1-3-7-19;28-22-12-10-19(15-21(22)24-8-4-5-13-30-24)31-27(35)20-11-9-18(14-23(20)29)26(34)32-25(16-33)17-6-2-1-3-7-17;1-17(18-7-3-2-4-8-18)31-26(33)19-10-12-21(24(29)15-19)27(34)32-20-11-13-23(28)22(16-20)25-9-5-6-14-30-25;23-19-7-6-17(14-18(19)20-4-1-2-10-25-20)27-22(29)16-5-8-21(26-15-16)28-12-3-9-24-11-13-28/h1-13,16-17,30H,14-15H2,(H,32,34)(H,33,35);1-15,25,33H,16H2,(H,31,35)(H,32,34);2-17H,1H3,(H,31,33)(H,32,34);1-2,4-8,10,14-15,24H,3,9,11-13H2,(H,27,29)/t;25-;;/m.1../s1. The maximum atomic E-state index is 12.9. The topological polar surface area (TPSA) is 316 Å². The van der Waals surface area contributed by atoms with E-state index in [4.69, 9.17) is 81.2 Å². The highest BCUT2D eigenvalue weighted by Crippen LogP contribution is 2.36. The first kappa shape index (κ1) is 96.3. The Kier molecular flexibility index (Phi) is 34.8. The number of pyridine rings is 5. The molecular weight excluding hydrogens is 1820 g/mol. The van der Waals surface area contributed by atoms with Gasteiger partial charge in [-0.05, 0) is 231 Å². The Morgan fingerprint density at radius 1 is 0.346 bits per heavy atom. The average molecular weight is 1910 g/mol. The van der Waals surface area contributed by atoms with Crippen molar-refractivity contribution >= 4 is 157 Å². The Morgan fingerprint density at radius 2 is 0.722 bits per heavy atom. The smallest absolute Gasteiger partial charge is 0.257 e. The number of amides is 7. The van der Waals surface area contributed by atoms with E-state index >= 15 is 0 Å². The molecule has 0 bridgehead atoms. The highest BCUT2D eigenvalue weighted by Gasteiger charge is 2.23. The second-order valence-electron chi connectivity index (χ2n) is 29.8. The van der Waals surface area contributed by atoms with E-state index in [0.717, 1.165) is 66.5 Å². The third-order valence-electron chi connectivity index (χ3n) is 20.6. The predicted octanol–water partition coefficient (Wildman–Crippen LogP) is 22.6. The van der Waals surface area contributed by atoms with Crippen LogP contribution in [0.2, 0.25) is 35.2 Å². The molecule has 6 heterocycles. The predicted molar refractivity (Wildman–Crippen MR) is 532 cm³/mol. The van der Waals surface area contributed by atoms with Crippen molar-refractivity contribution in [3.63, 3.8) is 0 Å². The van der Waals surface area contributed by atoms with Crippen LogP contribution in [0.3, 0.4) is 0 Å². The van der Waals surface area contributed by atoms with Crippen LogP contribution < -0.4 is 52.8 Å². The van der Waals surface area contributed by atoms with E-state index < -0.39 is 29.7 Å². The molecule has 1 fully saturated rings. The van der Waals surface area contributed by atoms with E-state index in [-0.39, 0.29) is 67.7 Å². The average Bonchev–Trinajstić information content (AvgIpc) is 1.22. The molecule has 10 aromatic carbocycles. The summed E-state index contributed by atoms with van der Waals surface area (Å²) in [6.45, 7) is 6.51. The number of hydrogen-bond donors (Lipinski definition) is 10. The van der Waals surface area contributed by atoms with Crippen LogP contribution in [0.1, 0.15) is 109 Å². The Morgan fingerprint density at radius 3 is 1.11 bits per heavy atom. The van der Waals surface area contributed by atoms with Crippen molar-refractivity contribution in [2.45, 2.75) is 25.4 Å². The molecule has 0 saturated carbocycles. The van der Waals surface area contributed by atoms with E-state index in [9.17, 15) is 38.7 Å². The highest BCUT2D eigenvalue weighted by atomic mass is 35.5. The van der Waals surface area contributed by atoms with Crippen molar-refractivity contribution in [2.24, 2.45) is 0 Å². The van der Waals surface area contributed by atoms with Gasteiger partial charge in [-0.1, -0.05) is 184 Å². The van der Waals surface area contributed by atoms with E-state index in [1.807, 2.05) is 183 Å². The number of nitrogens with one attached hydrogen (secondary N) is 9. The largest absolute Gasteiger partial charge is 0.394 e. The van der Waals surface area contributed by atoms with Gasteiger partial charge in [-0.3, -0.25) is 53.5 Å². The van der Waals surface area contributed by atoms with E-state index in [1.54, 1.807) is 116 Å². The molecule has 7 amide bonds. The molecule has 23 nitrogen and oxygen atoms in total. The number of hydrogen-bond acceptors (Lipinski definition) is 16. The summed E-state index contributed by atoms with van der Waals surface area (Å²) < 4.78 is 0. The molecule has 30 heteroatoms.